The molecule has 5 fully saturated rings. The van der Waals surface area contributed by atoms with Gasteiger partial charge in [-0.15, -0.1) is 0 Å². The molecular weight excluding hydrogens is 492 g/mol. The van der Waals surface area contributed by atoms with Gasteiger partial charge in [-0.25, -0.2) is 0 Å². The molecule has 0 aromatic heterocycles. The lowest BCUT2D eigenvalue weighted by Crippen LogP contribution is -2.67. The Morgan fingerprint density at radius 1 is 0.897 bits per heavy atom. The van der Waals surface area contributed by atoms with Gasteiger partial charge >= 0.3 is 11.9 Å². The highest BCUT2D eigenvalue weighted by Gasteiger charge is 2.72. The molecule has 0 aromatic carbocycles. The Morgan fingerprint density at radius 2 is 1.62 bits per heavy atom. The molecule has 220 valence electrons. The van der Waals surface area contributed by atoms with Gasteiger partial charge in [-0.1, -0.05) is 34.3 Å². The first-order valence-electron chi connectivity index (χ1n) is 15.4. The third-order valence-corrected chi connectivity index (χ3v) is 14.1. The first-order valence-corrected chi connectivity index (χ1v) is 15.4. The van der Waals surface area contributed by atoms with Crippen molar-refractivity contribution in [1.82, 2.24) is 0 Å². The van der Waals surface area contributed by atoms with E-state index in [0.29, 0.717) is 11.8 Å². The lowest BCUT2D eigenvalue weighted by molar-refractivity contribution is -0.255. The van der Waals surface area contributed by atoms with Crippen molar-refractivity contribution >= 4 is 11.9 Å². The van der Waals surface area contributed by atoms with Crippen LogP contribution < -0.4 is 0 Å². The molecule has 5 aliphatic carbocycles. The Morgan fingerprint density at radius 3 is 2.26 bits per heavy atom. The fraction of sp³-hybridized carbons (Fsp3) is 0.879. The maximum absolute atomic E-state index is 13.4. The van der Waals surface area contributed by atoms with Crippen LogP contribution in [0.15, 0.2) is 12.2 Å². The molecule has 4 unspecified atom stereocenters. The summed E-state index contributed by atoms with van der Waals surface area (Å²) in [7, 11) is 1.53. The van der Waals surface area contributed by atoms with E-state index in [2.05, 4.69) is 34.3 Å². The smallest absolute Gasteiger partial charge is 0.312 e. The Labute approximate surface area is 235 Å². The minimum absolute atomic E-state index is 0.0231. The molecule has 0 radical (unpaired) electrons. The molecule has 5 aliphatic rings. The zero-order valence-electron chi connectivity index (χ0n) is 25.2. The van der Waals surface area contributed by atoms with Gasteiger partial charge in [0, 0.05) is 12.3 Å². The summed E-state index contributed by atoms with van der Waals surface area (Å²) in [6, 6.07) is 0. The van der Waals surface area contributed by atoms with Gasteiger partial charge in [0.25, 0.3) is 0 Å². The summed E-state index contributed by atoms with van der Waals surface area (Å²) >= 11 is 0. The van der Waals surface area contributed by atoms with Crippen molar-refractivity contribution in [2.45, 2.75) is 105 Å². The highest BCUT2D eigenvalue weighted by molar-refractivity contribution is 5.78. The van der Waals surface area contributed by atoms with Crippen molar-refractivity contribution in [3.05, 3.63) is 12.2 Å². The zero-order valence-corrected chi connectivity index (χ0v) is 25.2. The van der Waals surface area contributed by atoms with Crippen molar-refractivity contribution in [3.63, 3.8) is 0 Å². The van der Waals surface area contributed by atoms with E-state index in [4.69, 9.17) is 9.47 Å². The Bertz CT molecular complexity index is 1020. The average molecular weight is 545 g/mol. The van der Waals surface area contributed by atoms with E-state index in [-0.39, 0.29) is 59.2 Å². The lowest BCUT2D eigenvalue weighted by Gasteiger charge is -2.72. The number of hydrogen-bond acceptors (Lipinski definition) is 6. The molecule has 5 saturated carbocycles. The van der Waals surface area contributed by atoms with Crippen molar-refractivity contribution in [3.8, 4) is 0 Å². The number of fused-ring (bicyclic) bond motifs is 7. The van der Waals surface area contributed by atoms with Crippen LogP contribution >= 0.6 is 0 Å². The van der Waals surface area contributed by atoms with Gasteiger partial charge in [-0.05, 0) is 116 Å². The summed E-state index contributed by atoms with van der Waals surface area (Å²) in [6.45, 7) is 15.7. The van der Waals surface area contributed by atoms with Gasteiger partial charge < -0.3 is 19.7 Å². The molecule has 0 aromatic rings. The number of rotatable bonds is 5. The van der Waals surface area contributed by atoms with Gasteiger partial charge in [-0.3, -0.25) is 9.59 Å². The number of aliphatic hydroxyl groups excluding tert-OH is 2. The second-order valence-electron chi connectivity index (χ2n) is 15.1. The number of hydrogen-bond donors (Lipinski definition) is 2. The molecule has 39 heavy (non-hydrogen) atoms. The van der Waals surface area contributed by atoms with E-state index in [1.807, 2.05) is 0 Å². The molecule has 6 nitrogen and oxygen atoms in total. The SMILES string of the molecule is C=C(CO)[C@@H]1CC[C@]2(C(=O)OC)CC[C@]3(C)C(CCC4[C@@]5(C)CC[C@H](O)[C@@](C)(COC(C)=O)C5CC[C@]43C)C12. The van der Waals surface area contributed by atoms with Gasteiger partial charge in [0.05, 0.1) is 31.8 Å². The van der Waals surface area contributed by atoms with Crippen molar-refractivity contribution < 1.29 is 29.3 Å². The monoisotopic (exact) mass is 544 g/mol. The summed E-state index contributed by atoms with van der Waals surface area (Å²) in [6.07, 6.45) is 9.13. The second kappa shape index (κ2) is 9.58. The first kappa shape index (κ1) is 29.1. The van der Waals surface area contributed by atoms with Gasteiger partial charge in [0.15, 0.2) is 0 Å². The molecule has 0 bridgehead atoms. The summed E-state index contributed by atoms with van der Waals surface area (Å²) in [4.78, 5) is 25.2. The molecule has 0 aliphatic heterocycles. The number of carbonyl (C=O) groups excluding carboxylic acids is 2. The summed E-state index contributed by atoms with van der Waals surface area (Å²) < 4.78 is 11.0. The topological polar surface area (TPSA) is 93.1 Å². The fourth-order valence-corrected chi connectivity index (χ4v) is 12.0. The number of carbonyl (C=O) groups is 2. The quantitative estimate of drug-likeness (QED) is 0.341. The third kappa shape index (κ3) is 3.78. The minimum Gasteiger partial charge on any atom is -0.469 e. The van der Waals surface area contributed by atoms with Gasteiger partial charge in [-0.2, -0.15) is 0 Å². The van der Waals surface area contributed by atoms with E-state index in [1.165, 1.54) is 14.0 Å². The molecule has 0 spiro atoms. The molecule has 0 heterocycles. The largest absolute Gasteiger partial charge is 0.469 e. The number of methoxy groups -OCH3 is 1. The van der Waals surface area contributed by atoms with Crippen molar-refractivity contribution in [2.75, 3.05) is 20.3 Å². The maximum atomic E-state index is 13.4. The number of aliphatic hydroxyl groups is 2. The Kier molecular flexibility index (Phi) is 7.15. The minimum atomic E-state index is -0.469. The van der Waals surface area contributed by atoms with Crippen LogP contribution in [0, 0.1) is 56.7 Å². The highest BCUT2D eigenvalue weighted by atomic mass is 16.5. The summed E-state index contributed by atoms with van der Waals surface area (Å²) in [5, 5.41) is 21.3. The zero-order chi connectivity index (χ0) is 28.6. The van der Waals surface area contributed by atoms with Crippen LogP contribution in [0.25, 0.3) is 0 Å². The molecule has 0 saturated heterocycles. The summed E-state index contributed by atoms with van der Waals surface area (Å²) in [5.41, 5.74) is 0.175. The van der Waals surface area contributed by atoms with Gasteiger partial charge in [0.1, 0.15) is 0 Å². The molecule has 2 N–H and O–H groups in total. The van der Waals surface area contributed by atoms with Crippen LogP contribution in [0.5, 0.6) is 0 Å². The van der Waals surface area contributed by atoms with Crippen molar-refractivity contribution in [2.24, 2.45) is 56.7 Å². The summed E-state index contributed by atoms with van der Waals surface area (Å²) in [5.74, 6) is 1.14. The fourth-order valence-electron chi connectivity index (χ4n) is 12.0. The number of esters is 2. The van der Waals surface area contributed by atoms with Gasteiger partial charge in [0.2, 0.25) is 0 Å². The van der Waals surface area contributed by atoms with Crippen LogP contribution in [0.1, 0.15) is 98.8 Å². The van der Waals surface area contributed by atoms with Crippen LogP contribution in [-0.2, 0) is 19.1 Å². The van der Waals surface area contributed by atoms with Crippen molar-refractivity contribution in [1.29, 1.82) is 0 Å². The van der Waals surface area contributed by atoms with Crippen LogP contribution in [0.3, 0.4) is 0 Å². The molecule has 5 rings (SSSR count). The van der Waals surface area contributed by atoms with E-state index < -0.39 is 16.9 Å². The first-order chi connectivity index (χ1) is 18.2. The maximum Gasteiger partial charge on any atom is 0.312 e. The molecular formula is C33H52O6. The van der Waals surface area contributed by atoms with E-state index in [0.717, 1.165) is 69.8 Å². The number of ether oxygens (including phenoxy) is 2. The van der Waals surface area contributed by atoms with E-state index >= 15 is 0 Å². The normalized spacial score (nSPS) is 50.6. The Balaban J connectivity index is 1.53. The Hall–Kier alpha value is -1.40. The average Bonchev–Trinajstić information content (AvgIpc) is 3.30. The van der Waals surface area contributed by atoms with E-state index in [9.17, 15) is 19.8 Å². The molecule has 6 heteroatoms. The van der Waals surface area contributed by atoms with Crippen LogP contribution in [0.2, 0.25) is 0 Å². The third-order valence-electron chi connectivity index (χ3n) is 14.1. The lowest BCUT2D eigenvalue weighted by atomic mass is 9.32. The van der Waals surface area contributed by atoms with E-state index in [1.54, 1.807) is 0 Å². The highest BCUT2D eigenvalue weighted by Crippen LogP contribution is 2.77. The standard InChI is InChI=1S/C33H52O6/c1-20(18-34)22-10-15-33(28(37)38-7)17-16-31(5)23(27(22)33)8-9-25-29(3)13-12-26(36)30(4,19-39-21(2)35)24(29)11-14-32(25,31)6/h22-27,34,36H,1,8-19H2,2-7H3/t22-,23?,24?,25?,26-,27?,29-,30-,31+,32+,33-/m0/s1. The second-order valence-corrected chi connectivity index (χ2v) is 15.1. The predicted molar refractivity (Wildman–Crippen MR) is 149 cm³/mol. The van der Waals surface area contributed by atoms with Crippen LogP contribution in [-0.4, -0.2) is 48.6 Å². The van der Waals surface area contributed by atoms with Crippen LogP contribution in [0.4, 0.5) is 0 Å². The molecule has 11 atom stereocenters. The predicted octanol–water partition coefficient (Wildman–Crippen LogP) is 5.69. The molecule has 0 amide bonds.